The Morgan fingerprint density at radius 2 is 1.65 bits per heavy atom. The molecule has 6 N–H and O–H groups in total. The molecule has 1 aromatic carbocycles. The van der Waals surface area contributed by atoms with E-state index in [-0.39, 0.29) is 5.95 Å². The highest BCUT2D eigenvalue weighted by Crippen LogP contribution is 2.04. The molecule has 0 aliphatic rings. The third-order valence-corrected chi connectivity index (χ3v) is 2.08. The molecule has 0 atom stereocenters. The van der Waals surface area contributed by atoms with Crippen molar-refractivity contribution >= 4 is 17.5 Å². The lowest BCUT2D eigenvalue weighted by atomic mass is 10.2. The highest BCUT2D eigenvalue weighted by molar-refractivity contribution is 5.39. The zero-order valence-corrected chi connectivity index (χ0v) is 9.80. The van der Waals surface area contributed by atoms with Gasteiger partial charge in [0.05, 0.1) is 0 Å². The molecule has 1 aromatic heterocycles. The van der Waals surface area contributed by atoms with Crippen LogP contribution in [0.25, 0.3) is 0 Å². The molecule has 5 heteroatoms. The van der Waals surface area contributed by atoms with Gasteiger partial charge in [-0.05, 0) is 30.2 Å². The Labute approximate surface area is 101 Å². The Bertz CT molecular complexity index is 435. The van der Waals surface area contributed by atoms with E-state index in [9.17, 15) is 0 Å². The minimum Gasteiger partial charge on any atom is -0.399 e. The summed E-state index contributed by atoms with van der Waals surface area (Å²) in [5, 5.41) is 0. The Hall–Kier alpha value is -2.30. The Balaban J connectivity index is 0.000000171. The van der Waals surface area contributed by atoms with E-state index in [2.05, 4.69) is 29.0 Å². The second-order valence-corrected chi connectivity index (χ2v) is 3.43. The van der Waals surface area contributed by atoms with E-state index < -0.39 is 0 Å². The minimum absolute atomic E-state index is 0.213. The number of aryl methyl sites for hydroxylation is 1. The summed E-state index contributed by atoms with van der Waals surface area (Å²) in [5.41, 5.74) is 18.0. The molecule has 0 unspecified atom stereocenters. The molecule has 0 aliphatic heterocycles. The second kappa shape index (κ2) is 6.32. The van der Waals surface area contributed by atoms with E-state index in [1.54, 1.807) is 6.07 Å². The van der Waals surface area contributed by atoms with E-state index in [0.717, 1.165) is 12.1 Å². The summed E-state index contributed by atoms with van der Waals surface area (Å²) in [4.78, 5) is 7.24. The molecule has 0 spiro atoms. The lowest BCUT2D eigenvalue weighted by Gasteiger charge is -1.94. The van der Waals surface area contributed by atoms with Crippen LogP contribution in [-0.2, 0) is 6.42 Å². The van der Waals surface area contributed by atoms with Gasteiger partial charge in [-0.15, -0.1) is 0 Å². The van der Waals surface area contributed by atoms with Gasteiger partial charge in [-0.1, -0.05) is 19.1 Å². The van der Waals surface area contributed by atoms with Gasteiger partial charge in [-0.2, -0.15) is 4.98 Å². The second-order valence-electron chi connectivity index (χ2n) is 3.43. The number of benzene rings is 1. The Morgan fingerprint density at radius 1 is 1.00 bits per heavy atom. The summed E-state index contributed by atoms with van der Waals surface area (Å²) in [6.07, 6.45) is 2.60. The molecular formula is C12H17N5. The van der Waals surface area contributed by atoms with E-state index in [1.807, 2.05) is 12.1 Å². The summed E-state index contributed by atoms with van der Waals surface area (Å²) < 4.78 is 0. The fraction of sp³-hybridized carbons (Fsp3) is 0.167. The first-order valence-corrected chi connectivity index (χ1v) is 5.30. The maximum absolute atomic E-state index is 5.48. The lowest BCUT2D eigenvalue weighted by molar-refractivity contribution is 1.14. The minimum atomic E-state index is 0.213. The zero-order valence-electron chi connectivity index (χ0n) is 9.80. The quantitative estimate of drug-likeness (QED) is 0.645. The average molecular weight is 231 g/mol. The molecule has 17 heavy (non-hydrogen) atoms. The van der Waals surface area contributed by atoms with Crippen LogP contribution in [0.15, 0.2) is 36.5 Å². The number of hydrogen-bond donors (Lipinski definition) is 3. The largest absolute Gasteiger partial charge is 0.399 e. The Morgan fingerprint density at radius 3 is 2.06 bits per heavy atom. The van der Waals surface area contributed by atoms with Crippen LogP contribution in [0.3, 0.4) is 0 Å². The predicted octanol–water partition coefficient (Wildman–Crippen LogP) is 1.47. The molecule has 90 valence electrons. The first kappa shape index (κ1) is 12.8. The summed E-state index contributed by atoms with van der Waals surface area (Å²) in [5.74, 6) is 0.613. The van der Waals surface area contributed by atoms with Crippen molar-refractivity contribution in [2.75, 3.05) is 17.2 Å². The molecule has 2 rings (SSSR count). The van der Waals surface area contributed by atoms with Gasteiger partial charge in [0.15, 0.2) is 0 Å². The van der Waals surface area contributed by atoms with Crippen molar-refractivity contribution in [3.8, 4) is 0 Å². The fourth-order valence-electron chi connectivity index (χ4n) is 1.14. The maximum Gasteiger partial charge on any atom is 0.221 e. The van der Waals surface area contributed by atoms with Crippen molar-refractivity contribution in [1.29, 1.82) is 0 Å². The molecule has 5 nitrogen and oxygen atoms in total. The van der Waals surface area contributed by atoms with Gasteiger partial charge in [0.2, 0.25) is 5.95 Å². The number of hydrogen-bond acceptors (Lipinski definition) is 5. The molecule has 0 bridgehead atoms. The molecule has 1 heterocycles. The van der Waals surface area contributed by atoms with E-state index in [0.29, 0.717) is 5.82 Å². The first-order chi connectivity index (χ1) is 8.11. The van der Waals surface area contributed by atoms with E-state index >= 15 is 0 Å². The van der Waals surface area contributed by atoms with Gasteiger partial charge < -0.3 is 17.2 Å². The van der Waals surface area contributed by atoms with Gasteiger partial charge in [0.1, 0.15) is 5.82 Å². The van der Waals surface area contributed by atoms with Crippen molar-refractivity contribution in [2.24, 2.45) is 0 Å². The van der Waals surface area contributed by atoms with Gasteiger partial charge in [0.25, 0.3) is 0 Å². The van der Waals surface area contributed by atoms with Crippen LogP contribution < -0.4 is 17.2 Å². The van der Waals surface area contributed by atoms with Gasteiger partial charge in [-0.25, -0.2) is 4.98 Å². The van der Waals surface area contributed by atoms with E-state index in [4.69, 9.17) is 17.2 Å². The molecule has 0 radical (unpaired) electrons. The monoisotopic (exact) mass is 231 g/mol. The molecule has 2 aromatic rings. The fourth-order valence-corrected chi connectivity index (χ4v) is 1.14. The highest BCUT2D eigenvalue weighted by Gasteiger charge is 1.85. The van der Waals surface area contributed by atoms with Crippen LogP contribution >= 0.6 is 0 Å². The number of nitrogens with two attached hydrogens (primary N) is 3. The van der Waals surface area contributed by atoms with E-state index in [1.165, 1.54) is 11.8 Å². The van der Waals surface area contributed by atoms with Crippen LogP contribution in [0, 0.1) is 0 Å². The molecule has 0 fully saturated rings. The van der Waals surface area contributed by atoms with Crippen LogP contribution in [0.5, 0.6) is 0 Å². The van der Waals surface area contributed by atoms with Crippen molar-refractivity contribution < 1.29 is 0 Å². The highest BCUT2D eigenvalue weighted by atomic mass is 15.0. The van der Waals surface area contributed by atoms with Crippen LogP contribution in [0.4, 0.5) is 17.5 Å². The third-order valence-electron chi connectivity index (χ3n) is 2.08. The normalized spacial score (nSPS) is 9.24. The molecule has 0 aliphatic carbocycles. The van der Waals surface area contributed by atoms with Crippen LogP contribution in [-0.4, -0.2) is 9.97 Å². The topological polar surface area (TPSA) is 104 Å². The van der Waals surface area contributed by atoms with Crippen molar-refractivity contribution in [3.63, 3.8) is 0 Å². The molecule has 0 saturated carbocycles. The number of nitrogen functional groups attached to an aromatic ring is 3. The number of aromatic nitrogens is 2. The summed E-state index contributed by atoms with van der Waals surface area (Å²) in [7, 11) is 0. The standard InChI is InChI=1S/C8H11N.C4H6N4/c1-2-7-3-5-8(9)6-4-7;5-3-1-2-7-4(6)8-3/h3-6H,2,9H2,1H3;1-2H,(H4,5,6,7,8). The van der Waals surface area contributed by atoms with Crippen LogP contribution in [0.1, 0.15) is 12.5 Å². The maximum atomic E-state index is 5.48. The number of rotatable bonds is 1. The molecule has 0 saturated heterocycles. The number of anilines is 3. The number of nitrogens with zero attached hydrogens (tertiary/aromatic N) is 2. The van der Waals surface area contributed by atoms with Crippen molar-refractivity contribution in [1.82, 2.24) is 9.97 Å². The SMILES string of the molecule is CCc1ccc(N)cc1.Nc1ccnc(N)n1. The molecular weight excluding hydrogens is 214 g/mol. The van der Waals surface area contributed by atoms with Gasteiger partial charge in [-0.3, -0.25) is 0 Å². The first-order valence-electron chi connectivity index (χ1n) is 5.30. The third kappa shape index (κ3) is 4.83. The van der Waals surface area contributed by atoms with Gasteiger partial charge >= 0.3 is 0 Å². The van der Waals surface area contributed by atoms with Crippen LogP contribution in [0.2, 0.25) is 0 Å². The van der Waals surface area contributed by atoms with Gasteiger partial charge in [0, 0.05) is 11.9 Å². The predicted molar refractivity (Wildman–Crippen MR) is 71.1 cm³/mol. The average Bonchev–Trinajstić information content (AvgIpc) is 2.30. The zero-order chi connectivity index (χ0) is 12.7. The smallest absolute Gasteiger partial charge is 0.221 e. The van der Waals surface area contributed by atoms with Crippen molar-refractivity contribution in [3.05, 3.63) is 42.1 Å². The molecule has 0 amide bonds. The summed E-state index contributed by atoms with van der Waals surface area (Å²) in [6.45, 7) is 2.13. The summed E-state index contributed by atoms with van der Waals surface area (Å²) in [6, 6.07) is 9.54. The summed E-state index contributed by atoms with van der Waals surface area (Å²) >= 11 is 0. The Kier molecular flexibility index (Phi) is 4.75. The lowest BCUT2D eigenvalue weighted by Crippen LogP contribution is -1.96. The van der Waals surface area contributed by atoms with Crippen molar-refractivity contribution in [2.45, 2.75) is 13.3 Å².